The van der Waals surface area contributed by atoms with Crippen LogP contribution < -0.4 is 5.32 Å². The number of rotatable bonds is 5. The number of likely N-dealkylation sites (tertiary alicyclic amines) is 1. The lowest BCUT2D eigenvalue weighted by atomic mass is 10.0. The molecule has 2 heterocycles. The van der Waals surface area contributed by atoms with Crippen LogP contribution in [0.15, 0.2) is 30.5 Å². The van der Waals surface area contributed by atoms with Crippen LogP contribution in [-0.2, 0) is 6.54 Å². The molecule has 1 saturated carbocycles. The molecule has 2 fully saturated rings. The van der Waals surface area contributed by atoms with Gasteiger partial charge in [-0.05, 0) is 44.7 Å². The topological polar surface area (TPSA) is 63.1 Å². The van der Waals surface area contributed by atoms with E-state index >= 15 is 0 Å². The van der Waals surface area contributed by atoms with Gasteiger partial charge in [-0.3, -0.25) is 9.69 Å². The summed E-state index contributed by atoms with van der Waals surface area (Å²) in [6, 6.07) is 9.29. The Labute approximate surface area is 160 Å². The highest BCUT2D eigenvalue weighted by Crippen LogP contribution is 2.23. The molecule has 1 aromatic carbocycles. The molecular formula is C21H29N5O. The zero-order valence-electron chi connectivity index (χ0n) is 16.1. The number of hydrogen-bond acceptors (Lipinski definition) is 4. The third kappa shape index (κ3) is 4.56. The summed E-state index contributed by atoms with van der Waals surface area (Å²) in [4.78, 5) is 14.9. The first-order chi connectivity index (χ1) is 13.2. The van der Waals surface area contributed by atoms with Crippen LogP contribution in [0.25, 0.3) is 0 Å². The number of piperidine rings is 1. The van der Waals surface area contributed by atoms with Gasteiger partial charge in [-0.15, -0.1) is 5.10 Å². The van der Waals surface area contributed by atoms with Gasteiger partial charge in [-0.2, -0.15) is 0 Å². The lowest BCUT2D eigenvalue weighted by Crippen LogP contribution is -2.36. The normalized spacial score (nSPS) is 21.4. The van der Waals surface area contributed by atoms with E-state index in [4.69, 9.17) is 0 Å². The maximum absolute atomic E-state index is 12.4. The molecule has 1 unspecified atom stereocenters. The van der Waals surface area contributed by atoms with E-state index in [1.54, 1.807) is 0 Å². The molecule has 6 heteroatoms. The van der Waals surface area contributed by atoms with Crippen LogP contribution in [0, 0.1) is 6.92 Å². The number of nitrogens with zero attached hydrogens (tertiary/aromatic N) is 4. The van der Waals surface area contributed by atoms with Crippen molar-refractivity contribution >= 4 is 5.91 Å². The van der Waals surface area contributed by atoms with Crippen molar-refractivity contribution in [3.8, 4) is 0 Å². The summed E-state index contributed by atoms with van der Waals surface area (Å²) in [6.45, 7) is 5.15. The van der Waals surface area contributed by atoms with Crippen molar-refractivity contribution in [2.75, 3.05) is 13.1 Å². The monoisotopic (exact) mass is 367 g/mol. The van der Waals surface area contributed by atoms with Crippen molar-refractivity contribution in [3.05, 3.63) is 47.3 Å². The average molecular weight is 367 g/mol. The molecule has 0 spiro atoms. The summed E-state index contributed by atoms with van der Waals surface area (Å²) >= 11 is 0. The zero-order chi connectivity index (χ0) is 18.6. The fourth-order valence-corrected chi connectivity index (χ4v) is 4.35. The van der Waals surface area contributed by atoms with Crippen LogP contribution in [0.1, 0.15) is 66.2 Å². The van der Waals surface area contributed by atoms with Crippen LogP contribution in [0.2, 0.25) is 0 Å². The van der Waals surface area contributed by atoms with E-state index in [1.807, 2.05) is 10.9 Å². The van der Waals surface area contributed by atoms with Crippen LogP contribution in [0.4, 0.5) is 0 Å². The van der Waals surface area contributed by atoms with Gasteiger partial charge in [0.1, 0.15) is 0 Å². The molecule has 144 valence electrons. The first kappa shape index (κ1) is 18.2. The molecule has 1 aliphatic carbocycles. The SMILES string of the molecule is Cc1cccc(CN2CCCC(n3cc(C(=O)NC4CCCC4)nn3)C2)c1. The Kier molecular flexibility index (Phi) is 5.53. The Morgan fingerprint density at radius 2 is 2.07 bits per heavy atom. The van der Waals surface area contributed by atoms with Crippen LogP contribution in [0.3, 0.4) is 0 Å². The second kappa shape index (κ2) is 8.21. The maximum atomic E-state index is 12.4. The number of carbonyl (C=O) groups excluding carboxylic acids is 1. The number of nitrogens with one attached hydrogen (secondary N) is 1. The van der Waals surface area contributed by atoms with E-state index in [-0.39, 0.29) is 11.9 Å². The minimum absolute atomic E-state index is 0.0828. The van der Waals surface area contributed by atoms with Crippen molar-refractivity contribution in [2.45, 2.75) is 64.1 Å². The van der Waals surface area contributed by atoms with Gasteiger partial charge in [0.05, 0.1) is 12.2 Å². The number of benzene rings is 1. The van der Waals surface area contributed by atoms with Crippen molar-refractivity contribution in [1.82, 2.24) is 25.2 Å². The summed E-state index contributed by atoms with van der Waals surface area (Å²) in [7, 11) is 0. The number of amides is 1. The molecular weight excluding hydrogens is 338 g/mol. The van der Waals surface area contributed by atoms with Gasteiger partial charge in [0, 0.05) is 19.1 Å². The minimum atomic E-state index is -0.0828. The number of aromatic nitrogens is 3. The standard InChI is InChI=1S/C21H29N5O/c1-16-6-4-7-17(12-16)13-25-11-5-10-19(14-25)26-15-20(23-24-26)21(27)22-18-8-2-3-9-18/h4,6-7,12,15,18-19H,2-3,5,8-11,13-14H2,1H3,(H,22,27). The van der Waals surface area contributed by atoms with Crippen molar-refractivity contribution in [2.24, 2.45) is 0 Å². The van der Waals surface area contributed by atoms with E-state index < -0.39 is 0 Å². The highest BCUT2D eigenvalue weighted by atomic mass is 16.2. The summed E-state index contributed by atoms with van der Waals surface area (Å²) in [5.74, 6) is -0.0828. The van der Waals surface area contributed by atoms with E-state index in [0.29, 0.717) is 11.7 Å². The first-order valence-corrected chi connectivity index (χ1v) is 10.2. The predicted molar refractivity (Wildman–Crippen MR) is 104 cm³/mol. The van der Waals surface area contributed by atoms with E-state index in [2.05, 4.69) is 51.7 Å². The molecule has 27 heavy (non-hydrogen) atoms. The highest BCUT2D eigenvalue weighted by Gasteiger charge is 2.24. The number of hydrogen-bond donors (Lipinski definition) is 1. The third-order valence-corrected chi connectivity index (χ3v) is 5.78. The summed E-state index contributed by atoms with van der Waals surface area (Å²) in [5, 5.41) is 11.5. The van der Waals surface area contributed by atoms with Crippen molar-refractivity contribution in [3.63, 3.8) is 0 Å². The number of carbonyl (C=O) groups is 1. The van der Waals surface area contributed by atoms with Crippen LogP contribution in [-0.4, -0.2) is 44.9 Å². The zero-order valence-corrected chi connectivity index (χ0v) is 16.1. The Bertz CT molecular complexity index is 780. The van der Waals surface area contributed by atoms with Gasteiger partial charge in [0.2, 0.25) is 0 Å². The average Bonchev–Trinajstić information content (AvgIpc) is 3.34. The second-order valence-corrected chi connectivity index (χ2v) is 8.06. The Morgan fingerprint density at radius 3 is 2.89 bits per heavy atom. The van der Waals surface area contributed by atoms with E-state index in [1.165, 1.54) is 24.0 Å². The molecule has 6 nitrogen and oxygen atoms in total. The van der Waals surface area contributed by atoms with Gasteiger partial charge in [0.15, 0.2) is 5.69 Å². The number of aryl methyl sites for hydroxylation is 1. The fourth-order valence-electron chi connectivity index (χ4n) is 4.35. The van der Waals surface area contributed by atoms with Gasteiger partial charge >= 0.3 is 0 Å². The summed E-state index contributed by atoms with van der Waals surface area (Å²) < 4.78 is 1.89. The molecule has 2 aliphatic rings. The Hall–Kier alpha value is -2.21. The lowest BCUT2D eigenvalue weighted by Gasteiger charge is -2.32. The molecule has 1 aliphatic heterocycles. The molecule has 1 saturated heterocycles. The molecule has 1 amide bonds. The van der Waals surface area contributed by atoms with Crippen molar-refractivity contribution < 1.29 is 4.79 Å². The molecule has 2 aromatic rings. The third-order valence-electron chi connectivity index (χ3n) is 5.78. The smallest absolute Gasteiger partial charge is 0.273 e. The van der Waals surface area contributed by atoms with Crippen LogP contribution in [0.5, 0.6) is 0 Å². The fraction of sp³-hybridized carbons (Fsp3) is 0.571. The largest absolute Gasteiger partial charge is 0.348 e. The Morgan fingerprint density at radius 1 is 1.22 bits per heavy atom. The first-order valence-electron chi connectivity index (χ1n) is 10.2. The molecule has 0 radical (unpaired) electrons. The van der Waals surface area contributed by atoms with E-state index in [0.717, 1.165) is 45.3 Å². The second-order valence-electron chi connectivity index (χ2n) is 8.06. The van der Waals surface area contributed by atoms with Gasteiger partial charge < -0.3 is 5.32 Å². The van der Waals surface area contributed by atoms with Gasteiger partial charge in [-0.25, -0.2) is 4.68 Å². The maximum Gasteiger partial charge on any atom is 0.273 e. The summed E-state index contributed by atoms with van der Waals surface area (Å²) in [6.07, 6.45) is 8.61. The van der Waals surface area contributed by atoms with Gasteiger partial charge in [-0.1, -0.05) is 47.9 Å². The lowest BCUT2D eigenvalue weighted by molar-refractivity contribution is 0.0932. The molecule has 1 aromatic heterocycles. The minimum Gasteiger partial charge on any atom is -0.348 e. The van der Waals surface area contributed by atoms with Gasteiger partial charge in [0.25, 0.3) is 5.91 Å². The molecule has 1 N–H and O–H groups in total. The Balaban J connectivity index is 1.36. The predicted octanol–water partition coefficient (Wildman–Crippen LogP) is 3.10. The quantitative estimate of drug-likeness (QED) is 0.882. The summed E-state index contributed by atoms with van der Waals surface area (Å²) in [5.41, 5.74) is 3.10. The van der Waals surface area contributed by atoms with Crippen LogP contribution >= 0.6 is 0 Å². The van der Waals surface area contributed by atoms with Crippen molar-refractivity contribution in [1.29, 1.82) is 0 Å². The molecule has 0 bridgehead atoms. The molecule has 4 rings (SSSR count). The van der Waals surface area contributed by atoms with E-state index in [9.17, 15) is 4.79 Å². The highest BCUT2D eigenvalue weighted by molar-refractivity contribution is 5.92. The molecule has 1 atom stereocenters.